The Balaban J connectivity index is 2.10. The van der Waals surface area contributed by atoms with E-state index in [9.17, 15) is 22.8 Å². The molecule has 1 saturated heterocycles. The predicted molar refractivity (Wildman–Crippen MR) is 74.6 cm³/mol. The van der Waals surface area contributed by atoms with Crippen molar-refractivity contribution in [3.8, 4) is 0 Å². The van der Waals surface area contributed by atoms with Gasteiger partial charge in [-0.25, -0.2) is 4.79 Å². The second kappa shape index (κ2) is 6.43. The van der Waals surface area contributed by atoms with E-state index in [4.69, 9.17) is 11.6 Å². The van der Waals surface area contributed by atoms with Crippen LogP contribution in [-0.4, -0.2) is 24.5 Å². The highest BCUT2D eigenvalue weighted by molar-refractivity contribution is 6.30. The molecular weight excluding hydrogens is 323 g/mol. The van der Waals surface area contributed by atoms with Crippen molar-refractivity contribution in [3.05, 3.63) is 28.8 Å². The van der Waals surface area contributed by atoms with Crippen LogP contribution in [0.2, 0.25) is 5.02 Å². The Morgan fingerprint density at radius 2 is 2.09 bits per heavy atom. The van der Waals surface area contributed by atoms with Gasteiger partial charge in [0, 0.05) is 11.6 Å². The maximum atomic E-state index is 12.9. The van der Waals surface area contributed by atoms with Gasteiger partial charge in [0.05, 0.1) is 11.3 Å². The van der Waals surface area contributed by atoms with E-state index in [1.165, 1.54) is 6.07 Å². The van der Waals surface area contributed by atoms with Crippen molar-refractivity contribution < 1.29 is 22.8 Å². The molecule has 1 atom stereocenters. The van der Waals surface area contributed by atoms with Gasteiger partial charge in [-0.15, -0.1) is 0 Å². The first-order chi connectivity index (χ1) is 10.3. The minimum Gasteiger partial charge on any atom is -0.354 e. The number of carbonyl (C=O) groups excluding carboxylic acids is 2. The molecular formula is C13H13ClF3N3O2. The number of urea groups is 1. The van der Waals surface area contributed by atoms with Crippen molar-refractivity contribution >= 4 is 29.2 Å². The van der Waals surface area contributed by atoms with Gasteiger partial charge in [-0.3, -0.25) is 4.79 Å². The first kappa shape index (κ1) is 16.4. The molecule has 1 aliphatic rings. The molecule has 2 rings (SSSR count). The number of rotatable bonds is 2. The Bertz CT molecular complexity index is 592. The van der Waals surface area contributed by atoms with Crippen molar-refractivity contribution in [1.29, 1.82) is 0 Å². The van der Waals surface area contributed by atoms with Gasteiger partial charge in [-0.2, -0.15) is 13.2 Å². The second-order valence-corrected chi connectivity index (χ2v) is 5.21. The lowest BCUT2D eigenvalue weighted by molar-refractivity contribution is -0.137. The number of nitrogens with one attached hydrogen (secondary N) is 3. The SMILES string of the molecule is O=C(Nc1ccc(Cl)cc1C(F)(F)F)N[C@H]1CCCNC1=O. The molecule has 0 unspecified atom stereocenters. The van der Waals surface area contributed by atoms with Crippen LogP contribution in [0, 0.1) is 0 Å². The Morgan fingerprint density at radius 1 is 1.36 bits per heavy atom. The van der Waals surface area contributed by atoms with Crippen LogP contribution in [0.15, 0.2) is 18.2 Å². The number of hydrogen-bond donors (Lipinski definition) is 3. The molecule has 0 bridgehead atoms. The summed E-state index contributed by atoms with van der Waals surface area (Å²) in [4.78, 5) is 23.3. The third-order valence-corrected chi connectivity index (χ3v) is 3.36. The summed E-state index contributed by atoms with van der Waals surface area (Å²) in [6.45, 7) is 0.522. The van der Waals surface area contributed by atoms with Crippen molar-refractivity contribution in [2.24, 2.45) is 0 Å². The molecule has 0 saturated carbocycles. The van der Waals surface area contributed by atoms with Gasteiger partial charge in [-0.05, 0) is 31.0 Å². The molecule has 1 heterocycles. The normalized spacial score (nSPS) is 18.5. The Labute approximate surface area is 129 Å². The van der Waals surface area contributed by atoms with Crippen LogP contribution in [0.25, 0.3) is 0 Å². The van der Waals surface area contributed by atoms with E-state index in [-0.39, 0.29) is 10.9 Å². The molecule has 5 nitrogen and oxygen atoms in total. The summed E-state index contributed by atoms with van der Waals surface area (Å²) in [5.74, 6) is -0.353. The number of alkyl halides is 3. The quantitative estimate of drug-likeness (QED) is 0.777. The lowest BCUT2D eigenvalue weighted by Gasteiger charge is -2.23. The Kier molecular flexibility index (Phi) is 4.80. The highest BCUT2D eigenvalue weighted by atomic mass is 35.5. The summed E-state index contributed by atoms with van der Waals surface area (Å²) < 4.78 is 38.7. The van der Waals surface area contributed by atoms with Crippen LogP contribution < -0.4 is 16.0 Å². The molecule has 3 amide bonds. The number of hydrogen-bond acceptors (Lipinski definition) is 2. The maximum absolute atomic E-state index is 12.9. The van der Waals surface area contributed by atoms with E-state index in [1.54, 1.807) is 0 Å². The first-order valence-corrected chi connectivity index (χ1v) is 6.87. The van der Waals surface area contributed by atoms with E-state index >= 15 is 0 Å². The largest absolute Gasteiger partial charge is 0.418 e. The number of carbonyl (C=O) groups is 2. The highest BCUT2D eigenvalue weighted by Gasteiger charge is 2.34. The minimum atomic E-state index is -4.66. The third kappa shape index (κ3) is 4.03. The van der Waals surface area contributed by atoms with Crippen molar-refractivity contribution in [1.82, 2.24) is 10.6 Å². The monoisotopic (exact) mass is 335 g/mol. The number of benzene rings is 1. The summed E-state index contributed by atoms with van der Waals surface area (Å²) in [6, 6.07) is 1.39. The van der Waals surface area contributed by atoms with Crippen LogP contribution in [0.1, 0.15) is 18.4 Å². The van der Waals surface area contributed by atoms with Crippen molar-refractivity contribution in [3.63, 3.8) is 0 Å². The topological polar surface area (TPSA) is 70.2 Å². The number of anilines is 1. The molecule has 1 aliphatic heterocycles. The predicted octanol–water partition coefficient (Wildman–Crippen LogP) is 2.76. The van der Waals surface area contributed by atoms with Gasteiger partial charge in [0.25, 0.3) is 0 Å². The summed E-state index contributed by atoms with van der Waals surface area (Å²) in [7, 11) is 0. The summed E-state index contributed by atoms with van der Waals surface area (Å²) in [5, 5.41) is 6.92. The average Bonchev–Trinajstić information content (AvgIpc) is 2.42. The molecule has 0 aromatic heterocycles. The van der Waals surface area contributed by atoms with Gasteiger partial charge in [0.2, 0.25) is 5.91 Å². The van der Waals surface area contributed by atoms with Crippen LogP contribution >= 0.6 is 11.6 Å². The van der Waals surface area contributed by atoms with Gasteiger partial charge >= 0.3 is 12.2 Å². The lowest BCUT2D eigenvalue weighted by Crippen LogP contribution is -2.51. The molecule has 0 radical (unpaired) electrons. The van der Waals surface area contributed by atoms with Crippen LogP contribution in [0.4, 0.5) is 23.7 Å². The lowest BCUT2D eigenvalue weighted by atomic mass is 10.1. The van der Waals surface area contributed by atoms with Crippen molar-refractivity contribution in [2.45, 2.75) is 25.1 Å². The summed E-state index contributed by atoms with van der Waals surface area (Å²) >= 11 is 5.55. The second-order valence-electron chi connectivity index (χ2n) is 4.77. The molecule has 120 valence electrons. The van der Waals surface area contributed by atoms with Crippen LogP contribution in [-0.2, 0) is 11.0 Å². The number of amides is 3. The van der Waals surface area contributed by atoms with Crippen LogP contribution in [0.5, 0.6) is 0 Å². The number of halogens is 4. The zero-order valence-corrected chi connectivity index (χ0v) is 12.0. The molecule has 9 heteroatoms. The summed E-state index contributed by atoms with van der Waals surface area (Å²) in [5.41, 5.74) is -1.48. The fraction of sp³-hybridized carbons (Fsp3) is 0.385. The highest BCUT2D eigenvalue weighted by Crippen LogP contribution is 2.36. The van der Waals surface area contributed by atoms with E-state index in [2.05, 4.69) is 16.0 Å². The van der Waals surface area contributed by atoms with E-state index < -0.39 is 29.5 Å². The molecule has 1 fully saturated rings. The molecule has 22 heavy (non-hydrogen) atoms. The average molecular weight is 336 g/mol. The first-order valence-electron chi connectivity index (χ1n) is 6.49. The fourth-order valence-corrected chi connectivity index (χ4v) is 2.26. The smallest absolute Gasteiger partial charge is 0.354 e. The maximum Gasteiger partial charge on any atom is 0.418 e. The summed E-state index contributed by atoms with van der Waals surface area (Å²) in [6.07, 6.45) is -3.53. The van der Waals surface area contributed by atoms with E-state index in [0.29, 0.717) is 19.4 Å². The van der Waals surface area contributed by atoms with E-state index in [0.717, 1.165) is 12.1 Å². The zero-order valence-electron chi connectivity index (χ0n) is 11.3. The van der Waals surface area contributed by atoms with E-state index in [1.807, 2.05) is 0 Å². The van der Waals surface area contributed by atoms with Gasteiger partial charge < -0.3 is 16.0 Å². The van der Waals surface area contributed by atoms with Crippen LogP contribution in [0.3, 0.4) is 0 Å². The molecule has 1 aromatic carbocycles. The van der Waals surface area contributed by atoms with Gasteiger partial charge in [0.15, 0.2) is 0 Å². The third-order valence-electron chi connectivity index (χ3n) is 3.13. The Hall–Kier alpha value is -1.96. The standard InChI is InChI=1S/C13H13ClF3N3O2/c14-7-3-4-9(8(6-7)13(15,16)17)19-12(22)20-10-2-1-5-18-11(10)21/h3-4,6,10H,1-2,5H2,(H,18,21)(H2,19,20,22)/t10-/m0/s1. The minimum absolute atomic E-state index is 0.0926. The molecule has 0 aliphatic carbocycles. The molecule has 1 aromatic rings. The van der Waals surface area contributed by atoms with Gasteiger partial charge in [-0.1, -0.05) is 11.6 Å². The molecule has 3 N–H and O–H groups in total. The fourth-order valence-electron chi connectivity index (χ4n) is 2.09. The molecule has 0 spiro atoms. The zero-order chi connectivity index (χ0) is 16.3. The van der Waals surface area contributed by atoms with Crippen molar-refractivity contribution in [2.75, 3.05) is 11.9 Å². The Morgan fingerprint density at radius 3 is 2.73 bits per heavy atom. The van der Waals surface area contributed by atoms with Gasteiger partial charge in [0.1, 0.15) is 6.04 Å². The number of piperidine rings is 1.